The number of nitrogens with zero attached hydrogens (tertiary/aromatic N) is 4. The number of aromatic amines is 1. The standard InChI is InChI=1S/C20H29N5O2/c1-15(2)20(26)25-12-11-24(13-14-27-17-7-5-4-6-8-17)10-9-18(25)19-21-16(3)22-23-19/h4-8,15,18H,9-14H2,1-3H3,(H,21,22,23). The molecule has 146 valence electrons. The van der Waals surface area contributed by atoms with Crippen molar-refractivity contribution in [2.75, 3.05) is 32.8 Å². The van der Waals surface area contributed by atoms with Crippen molar-refractivity contribution in [1.82, 2.24) is 25.0 Å². The molecule has 2 aromatic rings. The number of carbonyl (C=O) groups excluding carboxylic acids is 1. The lowest BCUT2D eigenvalue weighted by Crippen LogP contribution is -2.40. The number of aromatic nitrogens is 3. The Balaban J connectivity index is 1.63. The lowest BCUT2D eigenvalue weighted by atomic mass is 10.1. The Bertz CT molecular complexity index is 731. The first-order valence-electron chi connectivity index (χ1n) is 9.64. The summed E-state index contributed by atoms with van der Waals surface area (Å²) in [6, 6.07) is 9.78. The maximum atomic E-state index is 12.8. The number of ether oxygens (including phenoxy) is 1. The highest BCUT2D eigenvalue weighted by Crippen LogP contribution is 2.26. The van der Waals surface area contributed by atoms with Crippen LogP contribution in [0.15, 0.2) is 30.3 Å². The zero-order valence-electron chi connectivity index (χ0n) is 16.4. The van der Waals surface area contributed by atoms with Gasteiger partial charge in [0.25, 0.3) is 0 Å². The summed E-state index contributed by atoms with van der Waals surface area (Å²) in [5.41, 5.74) is 0. The maximum absolute atomic E-state index is 12.8. The molecule has 0 spiro atoms. The molecule has 2 heterocycles. The lowest BCUT2D eigenvalue weighted by Gasteiger charge is -2.29. The van der Waals surface area contributed by atoms with Crippen molar-refractivity contribution >= 4 is 5.91 Å². The predicted octanol–water partition coefficient (Wildman–Crippen LogP) is 2.42. The summed E-state index contributed by atoms with van der Waals surface area (Å²) in [5.74, 6) is 2.49. The fraction of sp³-hybridized carbons (Fsp3) is 0.550. The summed E-state index contributed by atoms with van der Waals surface area (Å²) < 4.78 is 5.82. The van der Waals surface area contributed by atoms with Gasteiger partial charge in [-0.05, 0) is 25.5 Å². The normalized spacial score (nSPS) is 18.5. The van der Waals surface area contributed by atoms with Crippen LogP contribution in [0, 0.1) is 12.8 Å². The van der Waals surface area contributed by atoms with E-state index >= 15 is 0 Å². The highest BCUT2D eigenvalue weighted by Gasteiger charge is 2.32. The number of amides is 1. The first-order chi connectivity index (χ1) is 13.0. The molecule has 7 heteroatoms. The average Bonchev–Trinajstić information content (AvgIpc) is 2.98. The van der Waals surface area contributed by atoms with Crippen molar-refractivity contribution < 1.29 is 9.53 Å². The molecule has 0 saturated carbocycles. The maximum Gasteiger partial charge on any atom is 0.225 e. The first-order valence-corrected chi connectivity index (χ1v) is 9.64. The van der Waals surface area contributed by atoms with E-state index in [1.54, 1.807) is 0 Å². The van der Waals surface area contributed by atoms with E-state index in [9.17, 15) is 4.79 Å². The minimum atomic E-state index is -0.0788. The number of para-hydroxylation sites is 1. The highest BCUT2D eigenvalue weighted by molar-refractivity contribution is 5.78. The number of rotatable bonds is 6. The van der Waals surface area contributed by atoms with E-state index in [-0.39, 0.29) is 17.9 Å². The minimum Gasteiger partial charge on any atom is -0.492 e. The molecule has 0 aliphatic carbocycles. The van der Waals surface area contributed by atoms with Crippen molar-refractivity contribution in [1.29, 1.82) is 0 Å². The minimum absolute atomic E-state index is 0.0412. The number of aryl methyl sites for hydroxylation is 1. The van der Waals surface area contributed by atoms with Crippen LogP contribution in [-0.4, -0.2) is 63.7 Å². The van der Waals surface area contributed by atoms with E-state index in [2.05, 4.69) is 20.1 Å². The van der Waals surface area contributed by atoms with Gasteiger partial charge in [-0.25, -0.2) is 4.98 Å². The largest absolute Gasteiger partial charge is 0.492 e. The average molecular weight is 371 g/mol. The summed E-state index contributed by atoms with van der Waals surface area (Å²) >= 11 is 0. The summed E-state index contributed by atoms with van der Waals surface area (Å²) in [6.07, 6.45) is 0.821. The van der Waals surface area contributed by atoms with Gasteiger partial charge in [0.05, 0.1) is 6.04 Å². The van der Waals surface area contributed by atoms with Crippen LogP contribution in [-0.2, 0) is 4.79 Å². The van der Waals surface area contributed by atoms with Gasteiger partial charge < -0.3 is 9.64 Å². The fourth-order valence-electron chi connectivity index (χ4n) is 3.38. The van der Waals surface area contributed by atoms with E-state index in [1.165, 1.54) is 0 Å². The van der Waals surface area contributed by atoms with Gasteiger partial charge in [-0.2, -0.15) is 5.10 Å². The smallest absolute Gasteiger partial charge is 0.225 e. The Hall–Kier alpha value is -2.41. The predicted molar refractivity (Wildman–Crippen MR) is 103 cm³/mol. The molecular formula is C20H29N5O2. The summed E-state index contributed by atoms with van der Waals surface area (Å²) in [5, 5.41) is 7.23. The van der Waals surface area contributed by atoms with Crippen LogP contribution in [0.2, 0.25) is 0 Å². The van der Waals surface area contributed by atoms with Crippen molar-refractivity contribution in [2.24, 2.45) is 5.92 Å². The molecule has 0 radical (unpaired) electrons. The zero-order valence-corrected chi connectivity index (χ0v) is 16.4. The zero-order chi connectivity index (χ0) is 19.2. The van der Waals surface area contributed by atoms with Gasteiger partial charge in [-0.3, -0.25) is 14.8 Å². The van der Waals surface area contributed by atoms with E-state index in [0.29, 0.717) is 19.0 Å². The highest BCUT2D eigenvalue weighted by atomic mass is 16.5. The molecule has 7 nitrogen and oxygen atoms in total. The molecule has 1 fully saturated rings. The van der Waals surface area contributed by atoms with Gasteiger partial charge in [0.15, 0.2) is 5.82 Å². The van der Waals surface area contributed by atoms with Crippen LogP contribution in [0.4, 0.5) is 0 Å². The molecule has 1 aromatic heterocycles. The Morgan fingerprint density at radius 1 is 1.26 bits per heavy atom. The van der Waals surface area contributed by atoms with Gasteiger partial charge in [0, 0.05) is 32.1 Å². The second-order valence-electron chi connectivity index (χ2n) is 7.27. The van der Waals surface area contributed by atoms with Gasteiger partial charge in [-0.15, -0.1) is 0 Å². The molecule has 1 aromatic carbocycles. The topological polar surface area (TPSA) is 74.3 Å². The molecular weight excluding hydrogens is 342 g/mol. The monoisotopic (exact) mass is 371 g/mol. The number of nitrogens with one attached hydrogen (secondary N) is 1. The third-order valence-corrected chi connectivity index (χ3v) is 4.86. The van der Waals surface area contributed by atoms with Gasteiger partial charge in [0.1, 0.15) is 18.2 Å². The number of carbonyl (C=O) groups is 1. The van der Waals surface area contributed by atoms with Crippen LogP contribution < -0.4 is 4.74 Å². The summed E-state index contributed by atoms with van der Waals surface area (Å²) in [7, 11) is 0. The Morgan fingerprint density at radius 3 is 2.70 bits per heavy atom. The van der Waals surface area contributed by atoms with Crippen LogP contribution in [0.1, 0.15) is 38.0 Å². The first kappa shape index (κ1) is 19.4. The number of benzene rings is 1. The molecule has 1 saturated heterocycles. The van der Waals surface area contributed by atoms with Crippen molar-refractivity contribution in [3.63, 3.8) is 0 Å². The number of hydrogen-bond acceptors (Lipinski definition) is 5. The van der Waals surface area contributed by atoms with Crippen LogP contribution in [0.25, 0.3) is 0 Å². The van der Waals surface area contributed by atoms with E-state index < -0.39 is 0 Å². The third-order valence-electron chi connectivity index (χ3n) is 4.86. The number of H-pyrrole nitrogens is 1. The van der Waals surface area contributed by atoms with Crippen molar-refractivity contribution in [2.45, 2.75) is 33.2 Å². The molecule has 1 atom stereocenters. The van der Waals surface area contributed by atoms with E-state index in [4.69, 9.17) is 4.74 Å². The van der Waals surface area contributed by atoms with Crippen molar-refractivity contribution in [3.05, 3.63) is 42.0 Å². The van der Waals surface area contributed by atoms with Crippen molar-refractivity contribution in [3.8, 4) is 5.75 Å². The number of hydrogen-bond donors (Lipinski definition) is 1. The second kappa shape index (κ2) is 8.99. The summed E-state index contributed by atoms with van der Waals surface area (Å²) in [4.78, 5) is 21.6. The Labute approximate surface area is 160 Å². The lowest BCUT2D eigenvalue weighted by molar-refractivity contribution is -0.137. The van der Waals surface area contributed by atoms with E-state index in [0.717, 1.165) is 37.6 Å². The van der Waals surface area contributed by atoms with Crippen LogP contribution >= 0.6 is 0 Å². The Morgan fingerprint density at radius 2 is 2.04 bits per heavy atom. The molecule has 1 unspecified atom stereocenters. The molecule has 0 bridgehead atoms. The Kier molecular flexibility index (Phi) is 6.45. The quantitative estimate of drug-likeness (QED) is 0.844. The molecule has 1 N–H and O–H groups in total. The van der Waals surface area contributed by atoms with E-state index in [1.807, 2.05) is 56.0 Å². The van der Waals surface area contributed by atoms with Crippen LogP contribution in [0.3, 0.4) is 0 Å². The fourth-order valence-corrected chi connectivity index (χ4v) is 3.38. The van der Waals surface area contributed by atoms with Gasteiger partial charge in [0.2, 0.25) is 5.91 Å². The molecule has 3 rings (SSSR count). The molecule has 1 amide bonds. The molecule has 1 aliphatic rings. The van der Waals surface area contributed by atoms with Gasteiger partial charge in [-0.1, -0.05) is 32.0 Å². The van der Waals surface area contributed by atoms with Gasteiger partial charge >= 0.3 is 0 Å². The summed E-state index contributed by atoms with van der Waals surface area (Å²) in [6.45, 7) is 9.63. The third kappa shape index (κ3) is 5.07. The SMILES string of the molecule is Cc1nc(C2CCN(CCOc3ccccc3)CCN2C(=O)C(C)C)n[nH]1. The molecule has 1 aliphatic heterocycles. The van der Waals surface area contributed by atoms with Crippen LogP contribution in [0.5, 0.6) is 5.75 Å². The molecule has 27 heavy (non-hydrogen) atoms. The second-order valence-corrected chi connectivity index (χ2v) is 7.27.